The predicted octanol–water partition coefficient (Wildman–Crippen LogP) is 6.56. The van der Waals surface area contributed by atoms with Gasteiger partial charge >= 0.3 is 0 Å². The third-order valence-corrected chi connectivity index (χ3v) is 4.76. The highest BCUT2D eigenvalue weighted by molar-refractivity contribution is 9.10. The molecule has 0 amide bonds. The van der Waals surface area contributed by atoms with E-state index in [0.717, 1.165) is 14.9 Å². The normalized spacial score (nSPS) is 11.5. The van der Waals surface area contributed by atoms with E-state index in [1.165, 1.54) is 26.9 Å². The highest BCUT2D eigenvalue weighted by atomic mass is 79.9. The maximum absolute atomic E-state index is 6.49. The van der Waals surface area contributed by atoms with Gasteiger partial charge in [0.05, 0.1) is 0 Å². The molecule has 0 aliphatic carbocycles. The molecule has 0 N–H and O–H groups in total. The first-order valence-electron chi connectivity index (χ1n) is 6.44. The second-order valence-corrected chi connectivity index (χ2v) is 6.13. The van der Waals surface area contributed by atoms with Crippen molar-refractivity contribution in [2.75, 3.05) is 0 Å². The SMILES string of the molecule is Clc1ccc(Br)c2c3ccccc3c3ccccc3c12. The van der Waals surface area contributed by atoms with Gasteiger partial charge in [-0.1, -0.05) is 76.1 Å². The van der Waals surface area contributed by atoms with Gasteiger partial charge in [0.25, 0.3) is 0 Å². The molecule has 0 saturated carbocycles. The summed E-state index contributed by atoms with van der Waals surface area (Å²) in [5.41, 5.74) is 0. The molecule has 96 valence electrons. The van der Waals surface area contributed by atoms with Gasteiger partial charge in [0, 0.05) is 20.3 Å². The lowest BCUT2D eigenvalue weighted by Crippen LogP contribution is -1.85. The Hall–Kier alpha value is -1.57. The number of fused-ring (bicyclic) bond motifs is 6. The summed E-state index contributed by atoms with van der Waals surface area (Å²) in [6.45, 7) is 0. The van der Waals surface area contributed by atoms with Crippen molar-refractivity contribution < 1.29 is 0 Å². The fraction of sp³-hybridized carbons (Fsp3) is 0. The van der Waals surface area contributed by atoms with Gasteiger partial charge in [0.2, 0.25) is 0 Å². The summed E-state index contributed by atoms with van der Waals surface area (Å²) in [7, 11) is 0. The maximum Gasteiger partial charge on any atom is 0.0491 e. The van der Waals surface area contributed by atoms with E-state index >= 15 is 0 Å². The molecule has 0 radical (unpaired) electrons. The average Bonchev–Trinajstić information content (AvgIpc) is 2.50. The molecule has 20 heavy (non-hydrogen) atoms. The molecule has 0 nitrogen and oxygen atoms in total. The molecular weight excluding hydrogens is 332 g/mol. The van der Waals surface area contributed by atoms with Crippen molar-refractivity contribution in [3.63, 3.8) is 0 Å². The summed E-state index contributed by atoms with van der Waals surface area (Å²) in [6.07, 6.45) is 0. The first kappa shape index (κ1) is 12.2. The van der Waals surface area contributed by atoms with Crippen LogP contribution in [0.4, 0.5) is 0 Å². The third-order valence-electron chi connectivity index (χ3n) is 3.79. The van der Waals surface area contributed by atoms with E-state index in [4.69, 9.17) is 11.6 Å². The molecule has 0 atom stereocenters. The van der Waals surface area contributed by atoms with Crippen molar-refractivity contribution in [1.82, 2.24) is 0 Å². The Kier molecular flexibility index (Phi) is 2.73. The number of benzene rings is 4. The summed E-state index contributed by atoms with van der Waals surface area (Å²) in [5.74, 6) is 0. The molecule has 0 heterocycles. The van der Waals surface area contributed by atoms with E-state index in [0.29, 0.717) is 0 Å². The molecule has 2 heteroatoms. The van der Waals surface area contributed by atoms with Crippen molar-refractivity contribution in [2.24, 2.45) is 0 Å². The average molecular weight is 342 g/mol. The van der Waals surface area contributed by atoms with Crippen LogP contribution in [0.2, 0.25) is 5.02 Å². The molecule has 0 aliphatic rings. The van der Waals surface area contributed by atoms with Crippen LogP contribution < -0.4 is 0 Å². The van der Waals surface area contributed by atoms with Crippen molar-refractivity contribution in [2.45, 2.75) is 0 Å². The van der Waals surface area contributed by atoms with Crippen LogP contribution in [0.5, 0.6) is 0 Å². The summed E-state index contributed by atoms with van der Waals surface area (Å²) < 4.78 is 1.08. The molecule has 0 unspecified atom stereocenters. The molecule has 0 aromatic heterocycles. The fourth-order valence-corrected chi connectivity index (χ4v) is 3.75. The van der Waals surface area contributed by atoms with Crippen LogP contribution in [-0.2, 0) is 0 Å². The third kappa shape index (κ3) is 1.60. The minimum atomic E-state index is 0.796. The summed E-state index contributed by atoms with van der Waals surface area (Å²) in [4.78, 5) is 0. The highest BCUT2D eigenvalue weighted by Gasteiger charge is 2.12. The number of hydrogen-bond donors (Lipinski definition) is 0. The van der Waals surface area contributed by atoms with E-state index in [1.807, 2.05) is 12.1 Å². The molecule has 4 aromatic rings. The fourth-order valence-electron chi connectivity index (χ4n) is 2.95. The first-order valence-corrected chi connectivity index (χ1v) is 7.61. The molecule has 4 rings (SSSR count). The van der Waals surface area contributed by atoms with Gasteiger partial charge < -0.3 is 0 Å². The first-order chi connectivity index (χ1) is 9.77. The van der Waals surface area contributed by atoms with Crippen LogP contribution in [-0.4, -0.2) is 0 Å². The second kappa shape index (κ2) is 4.47. The van der Waals surface area contributed by atoms with Gasteiger partial charge in [-0.25, -0.2) is 0 Å². The van der Waals surface area contributed by atoms with Gasteiger partial charge in [0.1, 0.15) is 0 Å². The summed E-state index contributed by atoms with van der Waals surface area (Å²) in [6, 6.07) is 20.9. The molecule has 4 aromatic carbocycles. The van der Waals surface area contributed by atoms with E-state index in [1.54, 1.807) is 0 Å². The smallest absolute Gasteiger partial charge is 0.0491 e. The van der Waals surface area contributed by atoms with Crippen LogP contribution in [0.1, 0.15) is 0 Å². The van der Waals surface area contributed by atoms with Crippen molar-refractivity contribution in [3.8, 4) is 0 Å². The zero-order valence-electron chi connectivity index (χ0n) is 10.5. The summed E-state index contributed by atoms with van der Waals surface area (Å²) in [5, 5.41) is 8.05. The molecule has 0 aliphatic heterocycles. The van der Waals surface area contributed by atoms with E-state index in [2.05, 4.69) is 64.5 Å². The standard InChI is InChI=1S/C18H10BrCl/c19-15-9-10-16(20)18-14-8-4-2-6-12(14)11-5-1-3-7-13(11)17(15)18/h1-10H. The lowest BCUT2D eigenvalue weighted by Gasteiger charge is -2.12. The Balaban J connectivity index is 2.49. The Morgan fingerprint density at radius 1 is 0.600 bits per heavy atom. The van der Waals surface area contributed by atoms with Crippen LogP contribution in [0.25, 0.3) is 32.3 Å². The molecule has 0 bridgehead atoms. The van der Waals surface area contributed by atoms with Crippen LogP contribution >= 0.6 is 27.5 Å². The zero-order valence-corrected chi connectivity index (χ0v) is 12.9. The Bertz CT molecular complexity index is 893. The monoisotopic (exact) mass is 340 g/mol. The molecule has 0 spiro atoms. The topological polar surface area (TPSA) is 0 Å². The Morgan fingerprint density at radius 2 is 1.10 bits per heavy atom. The number of hydrogen-bond acceptors (Lipinski definition) is 0. The van der Waals surface area contributed by atoms with E-state index in [-0.39, 0.29) is 0 Å². The molecule has 0 fully saturated rings. The van der Waals surface area contributed by atoms with Gasteiger partial charge in [-0.2, -0.15) is 0 Å². The molecule has 0 saturated heterocycles. The predicted molar refractivity (Wildman–Crippen MR) is 91.7 cm³/mol. The van der Waals surface area contributed by atoms with Gasteiger partial charge in [-0.3, -0.25) is 0 Å². The lowest BCUT2D eigenvalue weighted by molar-refractivity contribution is 1.74. The Labute approximate surface area is 130 Å². The van der Waals surface area contributed by atoms with Crippen LogP contribution in [0.3, 0.4) is 0 Å². The van der Waals surface area contributed by atoms with E-state index < -0.39 is 0 Å². The lowest BCUT2D eigenvalue weighted by atomic mass is 9.94. The Morgan fingerprint density at radius 3 is 1.70 bits per heavy atom. The van der Waals surface area contributed by atoms with Gasteiger partial charge in [-0.15, -0.1) is 0 Å². The quantitative estimate of drug-likeness (QED) is 0.318. The zero-order chi connectivity index (χ0) is 13.7. The second-order valence-electron chi connectivity index (χ2n) is 4.87. The van der Waals surface area contributed by atoms with Gasteiger partial charge in [0.15, 0.2) is 0 Å². The number of rotatable bonds is 0. The van der Waals surface area contributed by atoms with Crippen molar-refractivity contribution in [1.29, 1.82) is 0 Å². The minimum absolute atomic E-state index is 0.796. The largest absolute Gasteiger partial charge is 0.0836 e. The van der Waals surface area contributed by atoms with Crippen LogP contribution in [0.15, 0.2) is 65.1 Å². The van der Waals surface area contributed by atoms with Gasteiger partial charge in [-0.05, 0) is 33.7 Å². The van der Waals surface area contributed by atoms with Crippen molar-refractivity contribution >= 4 is 59.8 Å². The molecular formula is C18H10BrCl. The van der Waals surface area contributed by atoms with Crippen molar-refractivity contribution in [3.05, 3.63) is 70.2 Å². The maximum atomic E-state index is 6.49. The minimum Gasteiger partial charge on any atom is -0.0836 e. The highest BCUT2D eigenvalue weighted by Crippen LogP contribution is 2.41. The van der Waals surface area contributed by atoms with E-state index in [9.17, 15) is 0 Å². The summed E-state index contributed by atoms with van der Waals surface area (Å²) >= 11 is 10.2. The van der Waals surface area contributed by atoms with Crippen LogP contribution in [0, 0.1) is 0 Å². The number of halogens is 2.